The average molecular weight is 378 g/mol. The SMILES string of the molecule is CC(=Nc1ccccc1)C1CCC2C3CCC4CC(C)CCC4C3CCC12C. The molecule has 1 nitrogen and oxygen atoms in total. The monoisotopic (exact) mass is 377 g/mol. The lowest BCUT2D eigenvalue weighted by Crippen LogP contribution is -2.49. The van der Waals surface area contributed by atoms with Gasteiger partial charge in [0.1, 0.15) is 0 Å². The highest BCUT2D eigenvalue weighted by molar-refractivity contribution is 5.87. The maximum atomic E-state index is 5.07. The third-order valence-corrected chi connectivity index (χ3v) is 9.78. The van der Waals surface area contributed by atoms with E-state index in [-0.39, 0.29) is 0 Å². The average Bonchev–Trinajstić information content (AvgIpc) is 3.05. The van der Waals surface area contributed by atoms with Gasteiger partial charge in [0.25, 0.3) is 0 Å². The van der Waals surface area contributed by atoms with Crippen molar-refractivity contribution in [3.05, 3.63) is 30.3 Å². The molecule has 4 saturated carbocycles. The van der Waals surface area contributed by atoms with E-state index in [1.54, 1.807) is 0 Å². The lowest BCUT2D eigenvalue weighted by molar-refractivity contribution is -0.0607. The molecule has 0 N–H and O–H groups in total. The molecule has 152 valence electrons. The van der Waals surface area contributed by atoms with Crippen molar-refractivity contribution < 1.29 is 0 Å². The fraction of sp³-hybridized carbons (Fsp3) is 0.741. The molecule has 0 radical (unpaired) electrons. The number of nitrogens with zero attached hydrogens (tertiary/aromatic N) is 1. The van der Waals surface area contributed by atoms with Crippen molar-refractivity contribution in [3.63, 3.8) is 0 Å². The van der Waals surface area contributed by atoms with Crippen LogP contribution in [0, 0.1) is 46.8 Å². The second-order valence-electron chi connectivity index (χ2n) is 11.1. The second kappa shape index (κ2) is 7.29. The number of aliphatic imine (C=N–C) groups is 1. The van der Waals surface area contributed by atoms with E-state index in [4.69, 9.17) is 4.99 Å². The first-order valence-corrected chi connectivity index (χ1v) is 12.2. The van der Waals surface area contributed by atoms with E-state index in [9.17, 15) is 0 Å². The first-order chi connectivity index (χ1) is 13.6. The van der Waals surface area contributed by atoms with Gasteiger partial charge in [0.05, 0.1) is 5.69 Å². The molecule has 0 bridgehead atoms. The van der Waals surface area contributed by atoms with Crippen LogP contribution in [0.15, 0.2) is 35.3 Å². The Balaban J connectivity index is 1.36. The van der Waals surface area contributed by atoms with Gasteiger partial charge in [0, 0.05) is 11.6 Å². The van der Waals surface area contributed by atoms with Crippen LogP contribution in [0.1, 0.15) is 78.6 Å². The summed E-state index contributed by atoms with van der Waals surface area (Å²) >= 11 is 0. The zero-order valence-electron chi connectivity index (χ0n) is 18.2. The Kier molecular flexibility index (Phi) is 4.92. The van der Waals surface area contributed by atoms with Gasteiger partial charge in [-0.2, -0.15) is 0 Å². The molecule has 0 heterocycles. The Labute approximate surface area is 172 Å². The summed E-state index contributed by atoms with van der Waals surface area (Å²) in [5.41, 5.74) is 3.03. The molecular weight excluding hydrogens is 338 g/mol. The Morgan fingerprint density at radius 1 is 0.893 bits per heavy atom. The Morgan fingerprint density at radius 2 is 1.68 bits per heavy atom. The van der Waals surface area contributed by atoms with Gasteiger partial charge in [-0.15, -0.1) is 0 Å². The highest BCUT2D eigenvalue weighted by Crippen LogP contribution is 2.64. The first kappa shape index (κ1) is 18.9. The first-order valence-electron chi connectivity index (χ1n) is 12.2. The fourth-order valence-corrected chi connectivity index (χ4v) is 8.56. The lowest BCUT2D eigenvalue weighted by Gasteiger charge is -2.56. The number of para-hydroxylation sites is 1. The molecular formula is C27H39N. The molecule has 0 aliphatic heterocycles. The van der Waals surface area contributed by atoms with Crippen LogP contribution in [0.25, 0.3) is 0 Å². The fourth-order valence-electron chi connectivity index (χ4n) is 8.56. The summed E-state index contributed by atoms with van der Waals surface area (Å²) in [5, 5.41) is 0. The van der Waals surface area contributed by atoms with Crippen LogP contribution in [-0.2, 0) is 0 Å². The van der Waals surface area contributed by atoms with Gasteiger partial charge < -0.3 is 0 Å². The van der Waals surface area contributed by atoms with Crippen LogP contribution in [0.2, 0.25) is 0 Å². The largest absolute Gasteiger partial charge is 0.258 e. The minimum atomic E-state index is 0.498. The maximum absolute atomic E-state index is 5.07. The number of hydrogen-bond donors (Lipinski definition) is 0. The Morgan fingerprint density at radius 3 is 2.50 bits per heavy atom. The smallest absolute Gasteiger partial charge is 0.0629 e. The molecule has 1 heteroatoms. The summed E-state index contributed by atoms with van der Waals surface area (Å²) in [4.78, 5) is 5.07. The molecule has 4 fully saturated rings. The van der Waals surface area contributed by atoms with Crippen LogP contribution >= 0.6 is 0 Å². The third kappa shape index (κ3) is 3.08. The van der Waals surface area contributed by atoms with Crippen molar-refractivity contribution in [1.29, 1.82) is 0 Å². The van der Waals surface area contributed by atoms with Gasteiger partial charge in [-0.1, -0.05) is 38.5 Å². The molecule has 1 aromatic rings. The van der Waals surface area contributed by atoms with Gasteiger partial charge in [0.15, 0.2) is 0 Å². The number of rotatable bonds is 2. The normalized spacial score (nSPS) is 45.8. The highest BCUT2D eigenvalue weighted by atomic mass is 14.8. The van der Waals surface area contributed by atoms with Crippen LogP contribution in [0.5, 0.6) is 0 Å². The molecule has 0 saturated heterocycles. The van der Waals surface area contributed by atoms with E-state index >= 15 is 0 Å². The third-order valence-electron chi connectivity index (χ3n) is 9.78. The molecule has 0 spiro atoms. The van der Waals surface area contributed by atoms with Crippen molar-refractivity contribution >= 4 is 11.4 Å². The topological polar surface area (TPSA) is 12.4 Å². The van der Waals surface area contributed by atoms with E-state index in [1.807, 2.05) is 0 Å². The van der Waals surface area contributed by atoms with Crippen LogP contribution in [0.3, 0.4) is 0 Å². The van der Waals surface area contributed by atoms with Crippen molar-refractivity contribution in [2.75, 3.05) is 0 Å². The van der Waals surface area contributed by atoms with E-state index in [1.165, 1.54) is 63.5 Å². The standard InChI is InChI=1S/C27H39N/c1-18-9-11-22-20(17-18)10-12-24-23(22)15-16-27(3)25(13-14-26(24)27)19(2)28-21-7-5-4-6-8-21/h4-8,18,20,22-26H,9-17H2,1-3H3. The number of benzene rings is 1. The van der Waals surface area contributed by atoms with Crippen molar-refractivity contribution in [2.24, 2.45) is 51.8 Å². The second-order valence-corrected chi connectivity index (χ2v) is 11.1. The highest BCUT2D eigenvalue weighted by Gasteiger charge is 2.57. The van der Waals surface area contributed by atoms with Gasteiger partial charge in [0.2, 0.25) is 0 Å². The minimum absolute atomic E-state index is 0.498. The number of hydrogen-bond acceptors (Lipinski definition) is 1. The molecule has 5 rings (SSSR count). The van der Waals surface area contributed by atoms with Crippen LogP contribution < -0.4 is 0 Å². The summed E-state index contributed by atoms with van der Waals surface area (Å²) in [5.74, 6) is 6.84. The predicted octanol–water partition coefficient (Wildman–Crippen LogP) is 7.68. The van der Waals surface area contributed by atoms with Gasteiger partial charge in [-0.3, -0.25) is 4.99 Å². The molecule has 4 aliphatic carbocycles. The van der Waals surface area contributed by atoms with Crippen molar-refractivity contribution in [3.8, 4) is 0 Å². The van der Waals surface area contributed by atoms with Crippen LogP contribution in [0.4, 0.5) is 5.69 Å². The Bertz CT molecular complexity index is 721. The van der Waals surface area contributed by atoms with Gasteiger partial charge in [-0.05, 0) is 111 Å². The summed E-state index contributed by atoms with van der Waals surface area (Å²) in [7, 11) is 0. The van der Waals surface area contributed by atoms with Gasteiger partial charge in [-0.25, -0.2) is 0 Å². The van der Waals surface area contributed by atoms with E-state index in [0.29, 0.717) is 11.3 Å². The molecule has 28 heavy (non-hydrogen) atoms. The summed E-state index contributed by atoms with van der Waals surface area (Å²) < 4.78 is 0. The summed E-state index contributed by atoms with van der Waals surface area (Å²) in [6, 6.07) is 10.6. The maximum Gasteiger partial charge on any atom is 0.0629 e. The molecule has 4 aliphatic rings. The minimum Gasteiger partial charge on any atom is -0.258 e. The van der Waals surface area contributed by atoms with Gasteiger partial charge >= 0.3 is 0 Å². The number of fused-ring (bicyclic) bond motifs is 5. The van der Waals surface area contributed by atoms with Crippen molar-refractivity contribution in [2.45, 2.75) is 78.6 Å². The molecule has 0 amide bonds. The quantitative estimate of drug-likeness (QED) is 0.468. The predicted molar refractivity (Wildman–Crippen MR) is 119 cm³/mol. The molecule has 0 aromatic heterocycles. The molecule has 8 atom stereocenters. The molecule has 1 aromatic carbocycles. The zero-order chi connectivity index (χ0) is 19.3. The zero-order valence-corrected chi connectivity index (χ0v) is 18.2. The van der Waals surface area contributed by atoms with Crippen molar-refractivity contribution in [1.82, 2.24) is 0 Å². The van der Waals surface area contributed by atoms with E-state index in [0.717, 1.165) is 41.2 Å². The van der Waals surface area contributed by atoms with E-state index < -0.39 is 0 Å². The summed E-state index contributed by atoms with van der Waals surface area (Å²) in [6.45, 7) is 7.46. The van der Waals surface area contributed by atoms with Crippen LogP contribution in [-0.4, -0.2) is 5.71 Å². The lowest BCUT2D eigenvalue weighted by atomic mass is 9.49. The van der Waals surface area contributed by atoms with E-state index in [2.05, 4.69) is 51.1 Å². The molecule has 8 unspecified atom stereocenters. The summed E-state index contributed by atoms with van der Waals surface area (Å²) in [6.07, 6.45) is 13.4. The Hall–Kier alpha value is -1.11.